The van der Waals surface area contributed by atoms with E-state index in [9.17, 15) is 4.79 Å². The monoisotopic (exact) mass is 416 g/mol. The number of nitrogens with one attached hydrogen (secondary N) is 1. The molecular formula is C20H21BrN2OS. The number of aromatic nitrogens is 1. The Labute approximate surface area is 160 Å². The molecule has 5 heteroatoms. The molecule has 25 heavy (non-hydrogen) atoms. The van der Waals surface area contributed by atoms with Gasteiger partial charge in [-0.15, -0.1) is 11.3 Å². The molecule has 1 heterocycles. The van der Waals surface area contributed by atoms with Crippen LogP contribution in [-0.4, -0.2) is 10.9 Å². The second-order valence-electron chi connectivity index (χ2n) is 8.20. The van der Waals surface area contributed by atoms with E-state index in [0.717, 1.165) is 57.9 Å². The molecule has 3 nitrogen and oxygen atoms in total. The molecule has 0 atom stereocenters. The summed E-state index contributed by atoms with van der Waals surface area (Å²) in [5.74, 6) is 2.58. The van der Waals surface area contributed by atoms with Gasteiger partial charge in [0.25, 0.3) is 0 Å². The van der Waals surface area contributed by atoms with E-state index in [-0.39, 0.29) is 11.3 Å². The number of rotatable bonds is 3. The molecule has 1 N–H and O–H groups in total. The first kappa shape index (κ1) is 16.0. The van der Waals surface area contributed by atoms with Crippen LogP contribution in [-0.2, 0) is 4.79 Å². The van der Waals surface area contributed by atoms with E-state index in [1.165, 1.54) is 30.6 Å². The molecule has 1 aromatic heterocycles. The average molecular weight is 417 g/mol. The van der Waals surface area contributed by atoms with Crippen molar-refractivity contribution in [3.05, 3.63) is 34.1 Å². The lowest BCUT2D eigenvalue weighted by atomic mass is 9.49. The SMILES string of the molecule is O=C(Nc1nc(-c2ccc(Br)cc2)cs1)C12CC3CC(CC(C3)C1)C2. The fourth-order valence-electron chi connectivity index (χ4n) is 5.70. The van der Waals surface area contributed by atoms with Crippen LogP contribution in [0.2, 0.25) is 0 Å². The van der Waals surface area contributed by atoms with Crippen LogP contribution in [0.3, 0.4) is 0 Å². The molecule has 4 fully saturated rings. The Morgan fingerprint density at radius 2 is 1.68 bits per heavy atom. The number of carbonyl (C=O) groups excluding carboxylic acids is 1. The molecule has 6 rings (SSSR count). The molecule has 130 valence electrons. The summed E-state index contributed by atoms with van der Waals surface area (Å²) in [4.78, 5) is 17.8. The molecule has 0 saturated heterocycles. The zero-order chi connectivity index (χ0) is 17.0. The van der Waals surface area contributed by atoms with Gasteiger partial charge in [-0.2, -0.15) is 0 Å². The second kappa shape index (κ2) is 5.92. The number of carbonyl (C=O) groups is 1. The predicted octanol–water partition coefficient (Wildman–Crippen LogP) is 5.73. The Morgan fingerprint density at radius 3 is 2.28 bits per heavy atom. The van der Waals surface area contributed by atoms with Gasteiger partial charge in [0.15, 0.2) is 5.13 Å². The summed E-state index contributed by atoms with van der Waals surface area (Å²) in [6.07, 6.45) is 7.35. The summed E-state index contributed by atoms with van der Waals surface area (Å²) in [6.45, 7) is 0. The molecule has 1 aromatic carbocycles. The van der Waals surface area contributed by atoms with Crippen LogP contribution in [0.4, 0.5) is 5.13 Å². The van der Waals surface area contributed by atoms with Gasteiger partial charge in [-0.05, 0) is 68.4 Å². The van der Waals surface area contributed by atoms with Gasteiger partial charge in [0.05, 0.1) is 11.1 Å². The molecule has 1 amide bonds. The van der Waals surface area contributed by atoms with E-state index in [1.807, 2.05) is 29.6 Å². The van der Waals surface area contributed by atoms with Crippen molar-refractivity contribution in [1.82, 2.24) is 4.98 Å². The Hall–Kier alpha value is -1.20. The summed E-state index contributed by atoms with van der Waals surface area (Å²) in [5, 5.41) is 5.92. The molecule has 0 radical (unpaired) electrons. The van der Waals surface area contributed by atoms with Crippen molar-refractivity contribution >= 4 is 38.3 Å². The molecule has 0 unspecified atom stereocenters. The van der Waals surface area contributed by atoms with Crippen molar-refractivity contribution in [2.75, 3.05) is 5.32 Å². The van der Waals surface area contributed by atoms with Gasteiger partial charge in [-0.1, -0.05) is 28.1 Å². The molecule has 4 saturated carbocycles. The maximum Gasteiger partial charge on any atom is 0.232 e. The van der Waals surface area contributed by atoms with Gasteiger partial charge < -0.3 is 5.32 Å². The molecule has 0 aliphatic heterocycles. The van der Waals surface area contributed by atoms with Gasteiger partial charge >= 0.3 is 0 Å². The van der Waals surface area contributed by atoms with E-state index in [1.54, 1.807) is 0 Å². The number of thiazole rings is 1. The topological polar surface area (TPSA) is 42.0 Å². The quantitative estimate of drug-likeness (QED) is 0.693. The number of benzene rings is 1. The third-order valence-electron chi connectivity index (χ3n) is 6.38. The molecule has 0 spiro atoms. The first-order valence-corrected chi connectivity index (χ1v) is 10.8. The first-order chi connectivity index (χ1) is 12.1. The van der Waals surface area contributed by atoms with Crippen LogP contribution in [0.25, 0.3) is 11.3 Å². The number of anilines is 1. The van der Waals surface area contributed by atoms with Crippen LogP contribution in [0.15, 0.2) is 34.1 Å². The highest BCUT2D eigenvalue weighted by Crippen LogP contribution is 2.60. The molecule has 4 aliphatic rings. The predicted molar refractivity (Wildman–Crippen MR) is 104 cm³/mol. The van der Waals surface area contributed by atoms with E-state index >= 15 is 0 Å². The second-order valence-corrected chi connectivity index (χ2v) is 9.97. The Morgan fingerprint density at radius 1 is 1.08 bits per heavy atom. The fourth-order valence-corrected chi connectivity index (χ4v) is 6.68. The third kappa shape index (κ3) is 2.85. The lowest BCUT2D eigenvalue weighted by Crippen LogP contribution is -2.51. The lowest BCUT2D eigenvalue weighted by molar-refractivity contribution is -0.140. The van der Waals surface area contributed by atoms with Gasteiger partial charge in [0.1, 0.15) is 0 Å². The maximum absolute atomic E-state index is 13.1. The van der Waals surface area contributed by atoms with Crippen LogP contribution >= 0.6 is 27.3 Å². The van der Waals surface area contributed by atoms with Crippen molar-refractivity contribution in [2.45, 2.75) is 38.5 Å². The van der Waals surface area contributed by atoms with E-state index in [4.69, 9.17) is 0 Å². The molecule has 4 aliphatic carbocycles. The molecular weight excluding hydrogens is 396 g/mol. The van der Waals surface area contributed by atoms with Crippen molar-refractivity contribution in [3.8, 4) is 11.3 Å². The van der Waals surface area contributed by atoms with E-state index in [2.05, 4.69) is 26.2 Å². The lowest BCUT2D eigenvalue weighted by Gasteiger charge is -2.55. The van der Waals surface area contributed by atoms with Gasteiger partial charge in [0.2, 0.25) is 5.91 Å². The zero-order valence-electron chi connectivity index (χ0n) is 14.0. The number of halogens is 1. The van der Waals surface area contributed by atoms with E-state index in [0.29, 0.717) is 0 Å². The maximum atomic E-state index is 13.1. The molecule has 2 aromatic rings. The van der Waals surface area contributed by atoms with E-state index < -0.39 is 0 Å². The van der Waals surface area contributed by atoms with Crippen LogP contribution in [0, 0.1) is 23.2 Å². The smallest absolute Gasteiger partial charge is 0.232 e. The van der Waals surface area contributed by atoms with Crippen LogP contribution in [0.1, 0.15) is 38.5 Å². The standard InChI is InChI=1S/C20H21BrN2OS/c21-16-3-1-15(2-4-16)17-11-25-19(22-17)23-18(24)20-8-12-5-13(9-20)7-14(6-12)10-20/h1-4,11-14H,5-10H2,(H,22,23,24). The normalized spacial score (nSPS) is 32.8. The van der Waals surface area contributed by atoms with Crippen LogP contribution < -0.4 is 5.32 Å². The highest BCUT2D eigenvalue weighted by Gasteiger charge is 2.54. The summed E-state index contributed by atoms with van der Waals surface area (Å²) < 4.78 is 1.06. The van der Waals surface area contributed by atoms with Crippen molar-refractivity contribution < 1.29 is 4.79 Å². The number of hydrogen-bond acceptors (Lipinski definition) is 3. The van der Waals surface area contributed by atoms with Gasteiger partial charge in [-0.3, -0.25) is 4.79 Å². The first-order valence-electron chi connectivity index (χ1n) is 9.13. The number of hydrogen-bond donors (Lipinski definition) is 1. The van der Waals surface area contributed by atoms with Gasteiger partial charge in [0, 0.05) is 15.4 Å². The Bertz CT molecular complexity index is 778. The Balaban J connectivity index is 1.34. The fraction of sp³-hybridized carbons (Fsp3) is 0.500. The minimum atomic E-state index is -0.113. The van der Waals surface area contributed by atoms with Crippen molar-refractivity contribution in [3.63, 3.8) is 0 Å². The number of nitrogens with zero attached hydrogens (tertiary/aromatic N) is 1. The summed E-state index contributed by atoms with van der Waals surface area (Å²) in [5.41, 5.74) is 1.89. The number of amides is 1. The minimum absolute atomic E-state index is 0.113. The van der Waals surface area contributed by atoms with Gasteiger partial charge in [-0.25, -0.2) is 4.98 Å². The van der Waals surface area contributed by atoms with Crippen LogP contribution in [0.5, 0.6) is 0 Å². The zero-order valence-corrected chi connectivity index (χ0v) is 16.4. The highest BCUT2D eigenvalue weighted by atomic mass is 79.9. The van der Waals surface area contributed by atoms with Crippen molar-refractivity contribution in [2.24, 2.45) is 23.2 Å². The van der Waals surface area contributed by atoms with Crippen molar-refractivity contribution in [1.29, 1.82) is 0 Å². The third-order valence-corrected chi connectivity index (χ3v) is 7.67. The average Bonchev–Trinajstić information content (AvgIpc) is 3.03. The largest absolute Gasteiger partial charge is 0.301 e. The minimum Gasteiger partial charge on any atom is -0.301 e. The summed E-state index contributed by atoms with van der Waals surface area (Å²) >= 11 is 4.98. The summed E-state index contributed by atoms with van der Waals surface area (Å²) in [7, 11) is 0. The summed E-state index contributed by atoms with van der Waals surface area (Å²) in [6, 6.07) is 8.12. The Kier molecular flexibility index (Phi) is 3.79. The molecule has 4 bridgehead atoms. The highest BCUT2D eigenvalue weighted by molar-refractivity contribution is 9.10.